The molecule has 1 fully saturated rings. The summed E-state index contributed by atoms with van der Waals surface area (Å²) in [6, 6.07) is 3.81. The summed E-state index contributed by atoms with van der Waals surface area (Å²) >= 11 is 0. The number of benzene rings is 1. The van der Waals surface area contributed by atoms with Gasteiger partial charge in [0.15, 0.2) is 5.82 Å². The van der Waals surface area contributed by atoms with Crippen LogP contribution in [0.15, 0.2) is 21.6 Å². The van der Waals surface area contributed by atoms with Crippen molar-refractivity contribution in [3.63, 3.8) is 0 Å². The van der Waals surface area contributed by atoms with E-state index in [1.165, 1.54) is 4.31 Å². The van der Waals surface area contributed by atoms with Gasteiger partial charge in [0.1, 0.15) is 0 Å². The normalized spacial score (nSPS) is 16.6. The number of sulfonamides is 1. The fourth-order valence-corrected chi connectivity index (χ4v) is 5.08. The summed E-state index contributed by atoms with van der Waals surface area (Å²) in [4.78, 5) is 4.79. The molecule has 0 bridgehead atoms. The maximum atomic E-state index is 12.9. The van der Waals surface area contributed by atoms with E-state index < -0.39 is 10.0 Å². The molecule has 2 aromatic rings. The van der Waals surface area contributed by atoms with Gasteiger partial charge in [-0.2, -0.15) is 9.29 Å². The van der Waals surface area contributed by atoms with Crippen molar-refractivity contribution in [2.75, 3.05) is 13.1 Å². The quantitative estimate of drug-likeness (QED) is 0.848. The Morgan fingerprint density at radius 2 is 1.75 bits per heavy atom. The third-order valence-electron chi connectivity index (χ3n) is 4.37. The van der Waals surface area contributed by atoms with E-state index in [1.54, 1.807) is 0 Å². The van der Waals surface area contributed by atoms with Crippen LogP contribution in [-0.4, -0.2) is 36.0 Å². The van der Waals surface area contributed by atoms with Gasteiger partial charge in [-0.15, -0.1) is 0 Å². The molecule has 0 amide bonds. The lowest BCUT2D eigenvalue weighted by Crippen LogP contribution is -2.48. The van der Waals surface area contributed by atoms with Crippen molar-refractivity contribution in [1.29, 1.82) is 0 Å². The summed E-state index contributed by atoms with van der Waals surface area (Å²) in [6.45, 7) is 10.4. The van der Waals surface area contributed by atoms with Gasteiger partial charge in [-0.25, -0.2) is 8.42 Å². The maximum absolute atomic E-state index is 12.9. The first-order chi connectivity index (χ1) is 11.2. The molecule has 0 aliphatic carbocycles. The van der Waals surface area contributed by atoms with Crippen LogP contribution in [0.25, 0.3) is 0 Å². The highest BCUT2D eigenvalue weighted by atomic mass is 32.2. The summed E-state index contributed by atoms with van der Waals surface area (Å²) < 4.78 is 32.6. The molecule has 0 radical (unpaired) electrons. The molecular formula is C17H23N3O3S. The molecule has 6 nitrogen and oxygen atoms in total. The van der Waals surface area contributed by atoms with E-state index in [2.05, 4.69) is 10.1 Å². The number of aryl methyl sites for hydroxylation is 3. The monoisotopic (exact) mass is 349 g/mol. The molecule has 0 saturated carbocycles. The number of nitrogens with zero attached hydrogens (tertiary/aromatic N) is 3. The summed E-state index contributed by atoms with van der Waals surface area (Å²) in [5, 5.41) is 3.95. The minimum atomic E-state index is -3.49. The number of rotatable bonds is 4. The van der Waals surface area contributed by atoms with Crippen molar-refractivity contribution in [3.8, 4) is 0 Å². The van der Waals surface area contributed by atoms with Crippen molar-refractivity contribution in [1.82, 2.24) is 14.4 Å². The fourth-order valence-electron chi connectivity index (χ4n) is 3.14. The zero-order valence-corrected chi connectivity index (χ0v) is 15.5. The SMILES string of the molecule is Cc1cc(C)c(S(=O)(=O)N2CC(c3nc(C(C)C)no3)C2)c(C)c1. The lowest BCUT2D eigenvalue weighted by molar-refractivity contribution is 0.216. The average Bonchev–Trinajstić information content (AvgIpc) is 2.84. The Hall–Kier alpha value is -1.73. The van der Waals surface area contributed by atoms with Crippen LogP contribution in [0.1, 0.15) is 54.1 Å². The Labute approximate surface area is 142 Å². The van der Waals surface area contributed by atoms with Crippen molar-refractivity contribution in [3.05, 3.63) is 40.5 Å². The van der Waals surface area contributed by atoms with Crippen molar-refractivity contribution >= 4 is 10.0 Å². The number of aromatic nitrogens is 2. The highest BCUT2D eigenvalue weighted by Crippen LogP contribution is 2.34. The molecule has 1 aliphatic rings. The molecule has 24 heavy (non-hydrogen) atoms. The Morgan fingerprint density at radius 1 is 1.17 bits per heavy atom. The highest BCUT2D eigenvalue weighted by Gasteiger charge is 2.41. The van der Waals surface area contributed by atoms with E-state index in [1.807, 2.05) is 46.8 Å². The Bertz CT molecular complexity index is 842. The minimum Gasteiger partial charge on any atom is -0.339 e. The van der Waals surface area contributed by atoms with Gasteiger partial charge in [-0.05, 0) is 31.9 Å². The van der Waals surface area contributed by atoms with E-state index >= 15 is 0 Å². The number of hydrogen-bond donors (Lipinski definition) is 0. The summed E-state index contributed by atoms with van der Waals surface area (Å²) in [7, 11) is -3.49. The van der Waals surface area contributed by atoms with Gasteiger partial charge in [0.2, 0.25) is 15.9 Å². The molecule has 7 heteroatoms. The minimum absolute atomic E-state index is 0.0224. The second-order valence-corrected chi connectivity index (χ2v) is 8.77. The maximum Gasteiger partial charge on any atom is 0.243 e. The van der Waals surface area contributed by atoms with Crippen molar-refractivity contribution in [2.24, 2.45) is 0 Å². The second-order valence-electron chi connectivity index (χ2n) is 6.89. The van der Waals surface area contributed by atoms with Crippen LogP contribution in [0.4, 0.5) is 0 Å². The van der Waals surface area contributed by atoms with E-state index in [-0.39, 0.29) is 11.8 Å². The van der Waals surface area contributed by atoms with Crippen LogP contribution in [-0.2, 0) is 10.0 Å². The predicted octanol–water partition coefficient (Wildman–Crippen LogP) is 2.91. The molecule has 3 rings (SSSR count). The molecule has 1 aromatic carbocycles. The van der Waals surface area contributed by atoms with Crippen LogP contribution < -0.4 is 0 Å². The smallest absolute Gasteiger partial charge is 0.243 e. The first-order valence-corrected chi connectivity index (χ1v) is 9.55. The van der Waals surface area contributed by atoms with Gasteiger partial charge in [0, 0.05) is 19.0 Å². The lowest BCUT2D eigenvalue weighted by atomic mass is 10.0. The molecule has 0 spiro atoms. The largest absolute Gasteiger partial charge is 0.339 e. The predicted molar refractivity (Wildman–Crippen MR) is 90.5 cm³/mol. The zero-order valence-electron chi connectivity index (χ0n) is 14.7. The van der Waals surface area contributed by atoms with Gasteiger partial charge in [0.25, 0.3) is 0 Å². The van der Waals surface area contributed by atoms with Gasteiger partial charge < -0.3 is 4.52 Å². The molecule has 130 valence electrons. The molecule has 2 heterocycles. The van der Waals surface area contributed by atoms with E-state index in [9.17, 15) is 8.42 Å². The third-order valence-corrected chi connectivity index (χ3v) is 6.51. The first-order valence-electron chi connectivity index (χ1n) is 8.11. The Balaban J connectivity index is 1.79. The lowest BCUT2D eigenvalue weighted by Gasteiger charge is -2.36. The van der Waals surface area contributed by atoms with Gasteiger partial charge in [-0.3, -0.25) is 0 Å². The summed E-state index contributed by atoms with van der Waals surface area (Å²) in [6.07, 6.45) is 0. The van der Waals surface area contributed by atoms with Gasteiger partial charge >= 0.3 is 0 Å². The van der Waals surface area contributed by atoms with Crippen LogP contribution in [0.3, 0.4) is 0 Å². The van der Waals surface area contributed by atoms with E-state index in [4.69, 9.17) is 4.52 Å². The summed E-state index contributed by atoms with van der Waals surface area (Å²) in [5.41, 5.74) is 2.64. The molecular weight excluding hydrogens is 326 g/mol. The zero-order chi connectivity index (χ0) is 17.6. The van der Waals surface area contributed by atoms with Gasteiger partial charge in [0.05, 0.1) is 10.8 Å². The standard InChI is InChI=1S/C17H23N3O3S/c1-10(2)16-18-17(23-19-16)14-8-20(9-14)24(21,22)15-12(4)6-11(3)7-13(15)5/h6-7,10,14H,8-9H2,1-5H3. The van der Waals surface area contributed by atoms with Crippen LogP contribution >= 0.6 is 0 Å². The van der Waals surface area contributed by atoms with E-state index in [0.29, 0.717) is 29.7 Å². The fraction of sp³-hybridized carbons (Fsp3) is 0.529. The molecule has 1 aromatic heterocycles. The van der Waals surface area contributed by atoms with Gasteiger partial charge in [-0.1, -0.05) is 36.7 Å². The average molecular weight is 349 g/mol. The second kappa shape index (κ2) is 5.97. The number of hydrogen-bond acceptors (Lipinski definition) is 5. The van der Waals surface area contributed by atoms with Crippen LogP contribution in [0, 0.1) is 20.8 Å². The molecule has 1 saturated heterocycles. The molecule has 0 atom stereocenters. The topological polar surface area (TPSA) is 76.3 Å². The molecule has 1 aliphatic heterocycles. The highest BCUT2D eigenvalue weighted by molar-refractivity contribution is 7.89. The van der Waals surface area contributed by atoms with Crippen molar-refractivity contribution in [2.45, 2.75) is 51.3 Å². The van der Waals surface area contributed by atoms with Crippen LogP contribution in [0.5, 0.6) is 0 Å². The first kappa shape index (κ1) is 17.1. The van der Waals surface area contributed by atoms with Crippen LogP contribution in [0.2, 0.25) is 0 Å². The third kappa shape index (κ3) is 2.86. The summed E-state index contributed by atoms with van der Waals surface area (Å²) in [5.74, 6) is 1.37. The Kier molecular flexibility index (Phi) is 4.25. The van der Waals surface area contributed by atoms with E-state index in [0.717, 1.165) is 16.7 Å². The molecule has 0 N–H and O–H groups in total. The van der Waals surface area contributed by atoms with Crippen molar-refractivity contribution < 1.29 is 12.9 Å². The molecule has 0 unspecified atom stereocenters. The Morgan fingerprint density at radius 3 is 2.25 bits per heavy atom.